The van der Waals surface area contributed by atoms with Gasteiger partial charge in [0.1, 0.15) is 11.5 Å². The van der Waals surface area contributed by atoms with Crippen molar-refractivity contribution in [3.8, 4) is 11.5 Å². The van der Waals surface area contributed by atoms with Crippen LogP contribution in [-0.4, -0.2) is 81.9 Å². The zero-order valence-electron chi connectivity index (χ0n) is 24.4. The van der Waals surface area contributed by atoms with Crippen molar-refractivity contribution in [3.05, 3.63) is 52.5 Å². The highest BCUT2D eigenvalue weighted by molar-refractivity contribution is 6.33. The first-order chi connectivity index (χ1) is 18.6. The summed E-state index contributed by atoms with van der Waals surface area (Å²) >= 11 is 5.95. The predicted molar refractivity (Wildman–Crippen MR) is 160 cm³/mol. The molecule has 2 atom stereocenters. The number of ether oxygens (including phenoxy) is 2. The van der Waals surface area contributed by atoms with Gasteiger partial charge >= 0.3 is 0 Å². The largest absolute Gasteiger partial charge is 0.497 e. The van der Waals surface area contributed by atoms with Crippen molar-refractivity contribution in [1.29, 1.82) is 0 Å². The number of aliphatic hydroxyl groups is 1. The Kier molecular flexibility index (Phi) is 13.3. The lowest BCUT2D eigenvalue weighted by Crippen LogP contribution is -2.43. The Labute approximate surface area is 239 Å². The predicted octanol–water partition coefficient (Wildman–Crippen LogP) is 4.64. The number of amides is 1. The summed E-state index contributed by atoms with van der Waals surface area (Å²) in [5, 5.41) is 14.4. The molecule has 0 bridgehead atoms. The molecule has 9 heteroatoms. The smallest absolute Gasteiger partial charge is 0.255 e. The number of carbonyl (C=O) groups is 1. The summed E-state index contributed by atoms with van der Waals surface area (Å²) < 4.78 is 10.4. The van der Waals surface area contributed by atoms with Gasteiger partial charge in [-0.25, -0.2) is 0 Å². The van der Waals surface area contributed by atoms with E-state index < -0.39 is 5.60 Å². The molecule has 0 heterocycles. The molecule has 0 spiro atoms. The lowest BCUT2D eigenvalue weighted by atomic mass is 9.71. The van der Waals surface area contributed by atoms with Crippen molar-refractivity contribution >= 4 is 23.2 Å². The van der Waals surface area contributed by atoms with Crippen molar-refractivity contribution in [2.75, 3.05) is 66.8 Å². The second-order valence-electron chi connectivity index (χ2n) is 10.2. The van der Waals surface area contributed by atoms with Gasteiger partial charge in [-0.3, -0.25) is 4.79 Å². The molecule has 218 valence electrons. The Morgan fingerprint density at radius 2 is 1.87 bits per heavy atom. The second-order valence-corrected chi connectivity index (χ2v) is 10.6. The SMILES string of the molecule is CCN(CC)CCNC(=O)c1cc(Cl)c(N)cc1OC.COc1cccc([C@@]2(O)CCCC[C@@H]2CN(C)C)c1. The minimum absolute atomic E-state index is 0.212. The van der Waals surface area contributed by atoms with Crippen LogP contribution in [0, 0.1) is 5.92 Å². The van der Waals surface area contributed by atoms with Crippen LogP contribution in [0.5, 0.6) is 11.5 Å². The number of hydrogen-bond donors (Lipinski definition) is 3. The Hall–Kier alpha value is -2.52. The number of methoxy groups -OCH3 is 2. The highest BCUT2D eigenvalue weighted by Crippen LogP contribution is 2.42. The van der Waals surface area contributed by atoms with Crippen LogP contribution in [0.2, 0.25) is 5.02 Å². The summed E-state index contributed by atoms with van der Waals surface area (Å²) in [6.07, 6.45) is 4.24. The van der Waals surface area contributed by atoms with Crippen LogP contribution in [0.15, 0.2) is 36.4 Å². The third-order valence-electron chi connectivity index (χ3n) is 7.36. The fourth-order valence-electron chi connectivity index (χ4n) is 5.06. The highest BCUT2D eigenvalue weighted by atomic mass is 35.5. The third-order valence-corrected chi connectivity index (χ3v) is 7.69. The van der Waals surface area contributed by atoms with Crippen molar-refractivity contribution in [1.82, 2.24) is 15.1 Å². The van der Waals surface area contributed by atoms with Crippen LogP contribution in [0.25, 0.3) is 0 Å². The summed E-state index contributed by atoms with van der Waals surface area (Å²) in [6.45, 7) is 8.41. The van der Waals surface area contributed by atoms with E-state index >= 15 is 0 Å². The van der Waals surface area contributed by atoms with E-state index in [1.807, 2.05) is 24.3 Å². The van der Waals surface area contributed by atoms with Gasteiger partial charge < -0.3 is 35.4 Å². The molecule has 8 nitrogen and oxygen atoms in total. The minimum Gasteiger partial charge on any atom is -0.497 e. The van der Waals surface area contributed by atoms with E-state index in [1.54, 1.807) is 13.2 Å². The standard InChI is InChI=1S/C16H25NO2.C14H22ClN3O2/c1-17(2)12-14-7-4-5-10-16(14,18)13-8-6-9-15(11-13)19-3;1-4-18(5-2)7-6-17-14(19)10-8-11(15)12(16)9-13(10)20-3/h6,8-9,11,14,18H,4-5,7,10,12H2,1-3H3;8-9H,4-7,16H2,1-3H3,(H,17,19)/t14-,16+;/m1./s1. The number of anilines is 1. The first-order valence-electron chi connectivity index (χ1n) is 13.7. The van der Waals surface area contributed by atoms with Crippen molar-refractivity contribution in [3.63, 3.8) is 0 Å². The maximum absolute atomic E-state index is 12.1. The lowest BCUT2D eigenvalue weighted by molar-refractivity contribution is -0.0619. The Morgan fingerprint density at radius 3 is 2.49 bits per heavy atom. The van der Waals surface area contributed by atoms with Crippen LogP contribution >= 0.6 is 11.6 Å². The van der Waals surface area contributed by atoms with E-state index in [9.17, 15) is 9.90 Å². The van der Waals surface area contributed by atoms with Crippen molar-refractivity contribution in [2.24, 2.45) is 5.92 Å². The molecular weight excluding hydrogens is 516 g/mol. The number of rotatable bonds is 11. The van der Waals surface area contributed by atoms with Crippen LogP contribution < -0.4 is 20.5 Å². The zero-order chi connectivity index (χ0) is 29.0. The molecule has 1 fully saturated rings. The van der Waals surface area contributed by atoms with E-state index in [0.29, 0.717) is 34.5 Å². The number of halogens is 1. The summed E-state index contributed by atoms with van der Waals surface area (Å²) in [4.78, 5) is 16.5. The summed E-state index contributed by atoms with van der Waals surface area (Å²) in [5.74, 6) is 1.33. The molecule has 1 saturated carbocycles. The first-order valence-corrected chi connectivity index (χ1v) is 14.1. The molecular formula is C30H47ClN4O4. The fraction of sp³-hybridized carbons (Fsp3) is 0.567. The van der Waals surface area contributed by atoms with Gasteiger partial charge in [0.25, 0.3) is 5.91 Å². The quantitative estimate of drug-likeness (QED) is 0.343. The van der Waals surface area contributed by atoms with Gasteiger partial charge in [-0.15, -0.1) is 0 Å². The summed E-state index contributed by atoms with van der Waals surface area (Å²) in [6, 6.07) is 11.0. The van der Waals surface area contributed by atoms with Crippen LogP contribution in [-0.2, 0) is 5.60 Å². The average Bonchev–Trinajstić information content (AvgIpc) is 2.93. The first kappa shape index (κ1) is 32.7. The molecule has 3 rings (SSSR count). The fourth-order valence-corrected chi connectivity index (χ4v) is 5.23. The van der Waals surface area contributed by atoms with Gasteiger partial charge in [-0.2, -0.15) is 0 Å². The number of nitrogen functional groups attached to an aromatic ring is 1. The normalized spacial score (nSPS) is 18.9. The number of nitrogens with two attached hydrogens (primary N) is 1. The minimum atomic E-state index is -0.711. The molecule has 39 heavy (non-hydrogen) atoms. The van der Waals surface area contributed by atoms with Gasteiger partial charge in [-0.05, 0) is 63.8 Å². The Bertz CT molecular complexity index is 1050. The van der Waals surface area contributed by atoms with Crippen LogP contribution in [0.4, 0.5) is 5.69 Å². The Morgan fingerprint density at radius 1 is 1.15 bits per heavy atom. The number of carbonyl (C=O) groups excluding carboxylic acids is 1. The molecule has 0 aromatic heterocycles. The van der Waals surface area contributed by atoms with Gasteiger partial charge in [0, 0.05) is 31.6 Å². The molecule has 1 amide bonds. The number of benzene rings is 2. The van der Waals surface area contributed by atoms with Crippen molar-refractivity contribution < 1.29 is 19.4 Å². The topological polar surface area (TPSA) is 100 Å². The van der Waals surface area contributed by atoms with Gasteiger partial charge in [0.15, 0.2) is 0 Å². The van der Waals surface area contributed by atoms with Gasteiger partial charge in [0.05, 0.1) is 36.1 Å². The number of likely N-dealkylation sites (N-methyl/N-ethyl adjacent to an activating group) is 1. The molecule has 1 aliphatic rings. The molecule has 1 aliphatic carbocycles. The number of nitrogens with one attached hydrogen (secondary N) is 1. The summed E-state index contributed by atoms with van der Waals surface area (Å²) in [7, 11) is 7.30. The Balaban J connectivity index is 0.000000274. The maximum atomic E-state index is 12.1. The maximum Gasteiger partial charge on any atom is 0.255 e. The van der Waals surface area contributed by atoms with E-state index in [1.165, 1.54) is 19.6 Å². The molecule has 0 unspecified atom stereocenters. The molecule has 4 N–H and O–H groups in total. The molecule has 0 radical (unpaired) electrons. The number of hydrogen-bond acceptors (Lipinski definition) is 7. The molecule has 0 saturated heterocycles. The summed E-state index contributed by atoms with van der Waals surface area (Å²) in [5.41, 5.74) is 6.76. The average molecular weight is 563 g/mol. The molecule has 2 aromatic carbocycles. The highest BCUT2D eigenvalue weighted by Gasteiger charge is 2.40. The van der Waals surface area contributed by atoms with E-state index in [0.717, 1.165) is 56.8 Å². The van der Waals surface area contributed by atoms with Crippen molar-refractivity contribution in [2.45, 2.75) is 45.1 Å². The molecule has 2 aromatic rings. The van der Waals surface area contributed by atoms with Gasteiger partial charge in [-0.1, -0.05) is 50.4 Å². The lowest BCUT2D eigenvalue weighted by Gasteiger charge is -2.41. The van der Waals surface area contributed by atoms with Gasteiger partial charge in [0.2, 0.25) is 0 Å². The van der Waals surface area contributed by atoms with Crippen LogP contribution in [0.1, 0.15) is 55.5 Å². The third kappa shape index (κ3) is 9.28. The van der Waals surface area contributed by atoms with E-state index in [4.69, 9.17) is 26.8 Å². The zero-order valence-corrected chi connectivity index (χ0v) is 25.2. The molecule has 0 aliphatic heterocycles. The number of nitrogens with zero attached hydrogens (tertiary/aromatic N) is 2. The second kappa shape index (κ2) is 15.9. The van der Waals surface area contributed by atoms with E-state index in [2.05, 4.69) is 43.1 Å². The van der Waals surface area contributed by atoms with E-state index in [-0.39, 0.29) is 5.91 Å². The monoisotopic (exact) mass is 562 g/mol. The van der Waals surface area contributed by atoms with Crippen LogP contribution in [0.3, 0.4) is 0 Å².